The SMILES string of the molecule is Nc1c(NCc2ccc(Cl)cc2)ncnc1NNC(=O)Cc1ccccc1. The first-order chi connectivity index (χ1) is 13.1. The molecule has 0 bridgehead atoms. The first-order valence-corrected chi connectivity index (χ1v) is 8.67. The smallest absolute Gasteiger partial charge is 0.242 e. The molecule has 5 N–H and O–H groups in total. The molecule has 8 heteroatoms. The number of rotatable bonds is 7. The summed E-state index contributed by atoms with van der Waals surface area (Å²) in [5, 5.41) is 3.82. The van der Waals surface area contributed by atoms with Gasteiger partial charge in [0, 0.05) is 11.6 Å². The van der Waals surface area contributed by atoms with Crippen LogP contribution in [-0.2, 0) is 17.8 Å². The first kappa shape index (κ1) is 18.5. The molecule has 0 aliphatic heterocycles. The van der Waals surface area contributed by atoms with Crippen LogP contribution in [0.3, 0.4) is 0 Å². The lowest BCUT2D eigenvalue weighted by atomic mass is 10.1. The van der Waals surface area contributed by atoms with E-state index >= 15 is 0 Å². The summed E-state index contributed by atoms with van der Waals surface area (Å²) in [6.45, 7) is 0.526. The van der Waals surface area contributed by atoms with E-state index in [9.17, 15) is 4.79 Å². The van der Waals surface area contributed by atoms with Crippen LogP contribution in [0.1, 0.15) is 11.1 Å². The molecule has 0 unspecified atom stereocenters. The second-order valence-corrected chi connectivity index (χ2v) is 6.24. The Hall–Kier alpha value is -3.32. The molecular formula is C19H19ClN6O. The van der Waals surface area contributed by atoms with Crippen molar-refractivity contribution in [1.29, 1.82) is 0 Å². The molecule has 0 radical (unpaired) electrons. The van der Waals surface area contributed by atoms with Crippen LogP contribution in [0.15, 0.2) is 60.9 Å². The molecule has 1 aromatic heterocycles. The van der Waals surface area contributed by atoms with Crippen LogP contribution in [0.2, 0.25) is 5.02 Å². The van der Waals surface area contributed by atoms with E-state index in [1.807, 2.05) is 54.6 Å². The lowest BCUT2D eigenvalue weighted by Crippen LogP contribution is -2.31. The highest BCUT2D eigenvalue weighted by molar-refractivity contribution is 6.30. The predicted molar refractivity (Wildman–Crippen MR) is 107 cm³/mol. The zero-order chi connectivity index (χ0) is 19.1. The lowest BCUT2D eigenvalue weighted by Gasteiger charge is -2.13. The van der Waals surface area contributed by atoms with Crippen LogP contribution in [0.25, 0.3) is 0 Å². The number of nitrogens with zero attached hydrogens (tertiary/aromatic N) is 2. The van der Waals surface area contributed by atoms with Crippen LogP contribution in [0.5, 0.6) is 0 Å². The molecule has 2 aromatic carbocycles. The van der Waals surface area contributed by atoms with Crippen molar-refractivity contribution in [3.63, 3.8) is 0 Å². The summed E-state index contributed by atoms with van der Waals surface area (Å²) in [5.41, 5.74) is 13.7. The zero-order valence-corrected chi connectivity index (χ0v) is 15.2. The molecule has 0 atom stereocenters. The summed E-state index contributed by atoms with van der Waals surface area (Å²) in [7, 11) is 0. The summed E-state index contributed by atoms with van der Waals surface area (Å²) in [6.07, 6.45) is 1.62. The van der Waals surface area contributed by atoms with E-state index in [-0.39, 0.29) is 12.3 Å². The first-order valence-electron chi connectivity index (χ1n) is 8.29. The molecule has 0 saturated carbocycles. The van der Waals surface area contributed by atoms with E-state index in [4.69, 9.17) is 17.3 Å². The van der Waals surface area contributed by atoms with Crippen LogP contribution in [-0.4, -0.2) is 15.9 Å². The molecule has 1 amide bonds. The van der Waals surface area contributed by atoms with Crippen molar-refractivity contribution in [2.45, 2.75) is 13.0 Å². The maximum Gasteiger partial charge on any atom is 0.242 e. The van der Waals surface area contributed by atoms with Gasteiger partial charge in [-0.2, -0.15) is 0 Å². The van der Waals surface area contributed by atoms with Crippen LogP contribution in [0, 0.1) is 0 Å². The standard InChI is InChI=1S/C19H19ClN6O/c20-15-8-6-14(7-9-15)11-22-18-17(21)19(24-12-23-18)26-25-16(27)10-13-4-2-1-3-5-13/h1-9,12H,10-11,21H2,(H,25,27)(H2,22,23,24,26). The van der Waals surface area contributed by atoms with Gasteiger partial charge in [0.2, 0.25) is 5.91 Å². The summed E-state index contributed by atoms with van der Waals surface area (Å²) >= 11 is 5.88. The molecule has 0 aliphatic rings. The number of carbonyl (C=O) groups excluding carboxylic acids is 1. The van der Waals surface area contributed by atoms with Crippen molar-refractivity contribution in [3.8, 4) is 0 Å². The quantitative estimate of drug-likeness (QED) is 0.468. The monoisotopic (exact) mass is 382 g/mol. The van der Waals surface area contributed by atoms with Gasteiger partial charge in [0.15, 0.2) is 11.6 Å². The molecule has 3 aromatic rings. The highest BCUT2D eigenvalue weighted by Crippen LogP contribution is 2.22. The Morgan fingerprint density at radius 3 is 2.41 bits per heavy atom. The van der Waals surface area contributed by atoms with E-state index in [2.05, 4.69) is 26.1 Å². The van der Waals surface area contributed by atoms with Gasteiger partial charge in [0.25, 0.3) is 0 Å². The molecule has 0 aliphatic carbocycles. The number of anilines is 3. The van der Waals surface area contributed by atoms with Crippen LogP contribution in [0.4, 0.5) is 17.3 Å². The average Bonchev–Trinajstić information content (AvgIpc) is 2.68. The van der Waals surface area contributed by atoms with Gasteiger partial charge >= 0.3 is 0 Å². The number of amides is 1. The molecule has 3 rings (SSSR count). The van der Waals surface area contributed by atoms with Gasteiger partial charge in [0.1, 0.15) is 12.0 Å². The average molecular weight is 383 g/mol. The Bertz CT molecular complexity index is 902. The van der Waals surface area contributed by atoms with E-state index in [0.717, 1.165) is 11.1 Å². The minimum absolute atomic E-state index is 0.199. The van der Waals surface area contributed by atoms with Crippen molar-refractivity contribution in [3.05, 3.63) is 77.1 Å². The third-order valence-electron chi connectivity index (χ3n) is 3.78. The highest BCUT2D eigenvalue weighted by Gasteiger charge is 2.09. The number of hydrogen-bond acceptors (Lipinski definition) is 6. The van der Waals surface area contributed by atoms with Crippen molar-refractivity contribution in [2.75, 3.05) is 16.5 Å². The second-order valence-electron chi connectivity index (χ2n) is 5.80. The maximum absolute atomic E-state index is 12.0. The van der Waals surface area contributed by atoms with E-state index in [1.165, 1.54) is 6.33 Å². The van der Waals surface area contributed by atoms with Gasteiger partial charge in [-0.25, -0.2) is 9.97 Å². The summed E-state index contributed by atoms with van der Waals surface area (Å²) in [4.78, 5) is 20.2. The number of hydrazine groups is 1. The predicted octanol–water partition coefficient (Wildman–Crippen LogP) is 3.01. The molecule has 7 nitrogen and oxygen atoms in total. The summed E-state index contributed by atoms with van der Waals surface area (Å²) in [6, 6.07) is 16.9. The number of carbonyl (C=O) groups is 1. The van der Waals surface area contributed by atoms with Crippen molar-refractivity contribution < 1.29 is 4.79 Å². The van der Waals surface area contributed by atoms with Crippen molar-refractivity contribution in [2.24, 2.45) is 0 Å². The number of nitrogens with two attached hydrogens (primary N) is 1. The third-order valence-corrected chi connectivity index (χ3v) is 4.04. The molecule has 0 spiro atoms. The molecular weight excluding hydrogens is 364 g/mol. The van der Waals surface area contributed by atoms with E-state index < -0.39 is 0 Å². The Balaban J connectivity index is 1.57. The Labute approximate surface area is 162 Å². The van der Waals surface area contributed by atoms with Crippen molar-refractivity contribution >= 4 is 34.8 Å². The van der Waals surface area contributed by atoms with Gasteiger partial charge in [-0.1, -0.05) is 54.1 Å². The van der Waals surface area contributed by atoms with Crippen LogP contribution >= 0.6 is 11.6 Å². The number of hydrogen-bond donors (Lipinski definition) is 4. The normalized spacial score (nSPS) is 10.3. The van der Waals surface area contributed by atoms with Gasteiger partial charge < -0.3 is 11.1 Å². The lowest BCUT2D eigenvalue weighted by molar-refractivity contribution is -0.119. The minimum Gasteiger partial charge on any atom is -0.393 e. The summed E-state index contributed by atoms with van der Waals surface area (Å²) in [5.74, 6) is 0.597. The number of halogens is 1. The van der Waals surface area contributed by atoms with Gasteiger partial charge in [-0.05, 0) is 23.3 Å². The Morgan fingerprint density at radius 2 is 1.67 bits per heavy atom. The van der Waals surface area contributed by atoms with Crippen molar-refractivity contribution in [1.82, 2.24) is 15.4 Å². The number of benzene rings is 2. The highest BCUT2D eigenvalue weighted by atomic mass is 35.5. The fourth-order valence-electron chi connectivity index (χ4n) is 2.38. The number of nitrogen functional groups attached to an aromatic ring is 1. The fraction of sp³-hybridized carbons (Fsp3) is 0.105. The van der Waals surface area contributed by atoms with E-state index in [0.29, 0.717) is 28.9 Å². The molecule has 27 heavy (non-hydrogen) atoms. The minimum atomic E-state index is -0.199. The summed E-state index contributed by atoms with van der Waals surface area (Å²) < 4.78 is 0. The number of aromatic nitrogens is 2. The molecule has 0 saturated heterocycles. The van der Waals surface area contributed by atoms with Gasteiger partial charge in [0.05, 0.1) is 6.42 Å². The number of nitrogens with one attached hydrogen (secondary N) is 3. The maximum atomic E-state index is 12.0. The van der Waals surface area contributed by atoms with Crippen LogP contribution < -0.4 is 21.9 Å². The molecule has 138 valence electrons. The third kappa shape index (κ3) is 5.32. The Kier molecular flexibility index (Phi) is 6.06. The second kappa shape index (κ2) is 8.86. The Morgan fingerprint density at radius 1 is 0.963 bits per heavy atom. The largest absolute Gasteiger partial charge is 0.393 e. The topological polar surface area (TPSA) is 105 Å². The molecule has 1 heterocycles. The fourth-order valence-corrected chi connectivity index (χ4v) is 2.50. The van der Waals surface area contributed by atoms with Gasteiger partial charge in [-0.15, -0.1) is 0 Å². The molecule has 0 fully saturated rings. The zero-order valence-electron chi connectivity index (χ0n) is 14.4. The van der Waals surface area contributed by atoms with Gasteiger partial charge in [-0.3, -0.25) is 15.6 Å². The van der Waals surface area contributed by atoms with E-state index in [1.54, 1.807) is 0 Å².